The second-order valence-electron chi connectivity index (χ2n) is 7.93. The lowest BCUT2D eigenvalue weighted by Crippen LogP contribution is -2.57. The Bertz CT molecular complexity index is 556. The molecule has 25 heavy (non-hydrogen) atoms. The van der Waals surface area contributed by atoms with Crippen LogP contribution >= 0.6 is 0 Å². The first-order chi connectivity index (χ1) is 12.1. The van der Waals surface area contributed by atoms with Crippen LogP contribution in [0.3, 0.4) is 0 Å². The molecule has 1 amide bonds. The Morgan fingerprint density at radius 2 is 1.84 bits per heavy atom. The molecule has 0 saturated carbocycles. The zero-order chi connectivity index (χ0) is 17.8. The van der Waals surface area contributed by atoms with E-state index in [0.717, 1.165) is 24.2 Å². The Labute approximate surface area is 151 Å². The normalized spacial score (nSPS) is 26.5. The van der Waals surface area contributed by atoms with Crippen molar-refractivity contribution in [3.8, 4) is 5.75 Å². The van der Waals surface area contributed by atoms with Gasteiger partial charge in [0.15, 0.2) is 0 Å². The molecule has 2 bridgehead atoms. The molecule has 2 atom stereocenters. The Morgan fingerprint density at radius 1 is 1.20 bits per heavy atom. The fourth-order valence-electron chi connectivity index (χ4n) is 4.45. The molecule has 0 aromatic heterocycles. The van der Waals surface area contributed by atoms with E-state index in [1.807, 2.05) is 31.2 Å². The third-order valence-corrected chi connectivity index (χ3v) is 5.46. The van der Waals surface area contributed by atoms with Gasteiger partial charge in [-0.05, 0) is 62.8 Å². The molecule has 0 radical (unpaired) electrons. The van der Waals surface area contributed by atoms with Crippen molar-refractivity contribution < 1.29 is 9.53 Å². The largest absolute Gasteiger partial charge is 0.494 e. The van der Waals surface area contributed by atoms with Gasteiger partial charge in [-0.2, -0.15) is 0 Å². The van der Waals surface area contributed by atoms with Gasteiger partial charge in [0.1, 0.15) is 5.75 Å². The van der Waals surface area contributed by atoms with Crippen LogP contribution in [0.1, 0.15) is 63.2 Å². The highest BCUT2D eigenvalue weighted by molar-refractivity contribution is 5.94. The van der Waals surface area contributed by atoms with Gasteiger partial charge in [0.25, 0.3) is 5.91 Å². The van der Waals surface area contributed by atoms with Gasteiger partial charge in [-0.25, -0.2) is 0 Å². The van der Waals surface area contributed by atoms with Crippen LogP contribution in [-0.4, -0.2) is 42.1 Å². The van der Waals surface area contributed by atoms with Crippen LogP contribution in [0.15, 0.2) is 24.3 Å². The van der Waals surface area contributed by atoms with Crippen molar-refractivity contribution in [2.75, 3.05) is 13.2 Å². The molecule has 0 unspecified atom stereocenters. The van der Waals surface area contributed by atoms with Crippen molar-refractivity contribution >= 4 is 5.91 Å². The average molecular weight is 344 g/mol. The van der Waals surface area contributed by atoms with E-state index in [2.05, 4.69) is 24.1 Å². The summed E-state index contributed by atoms with van der Waals surface area (Å²) < 4.78 is 5.45. The molecule has 1 aromatic carbocycles. The molecule has 0 spiro atoms. The molecular formula is C21H32N2O2. The molecule has 138 valence electrons. The van der Waals surface area contributed by atoms with Crippen LogP contribution < -0.4 is 10.1 Å². The first-order valence-electron chi connectivity index (χ1n) is 9.86. The molecule has 1 aromatic rings. The lowest BCUT2D eigenvalue weighted by molar-refractivity contribution is 0.0158. The minimum atomic E-state index is 0.0448. The van der Waals surface area contributed by atoms with Gasteiger partial charge in [0.05, 0.1) is 6.61 Å². The van der Waals surface area contributed by atoms with Crippen LogP contribution in [0, 0.1) is 5.92 Å². The van der Waals surface area contributed by atoms with Crippen molar-refractivity contribution in [1.29, 1.82) is 0 Å². The predicted molar refractivity (Wildman–Crippen MR) is 101 cm³/mol. The number of hydrogen-bond acceptors (Lipinski definition) is 3. The van der Waals surface area contributed by atoms with Gasteiger partial charge in [0, 0.05) is 30.2 Å². The first-order valence-corrected chi connectivity index (χ1v) is 9.86. The van der Waals surface area contributed by atoms with Gasteiger partial charge in [-0.3, -0.25) is 9.69 Å². The minimum Gasteiger partial charge on any atom is -0.494 e. The van der Waals surface area contributed by atoms with E-state index in [0.29, 0.717) is 30.7 Å². The molecule has 1 N–H and O–H groups in total. The second-order valence-corrected chi connectivity index (χ2v) is 7.93. The number of benzene rings is 1. The number of rotatable bonds is 6. The van der Waals surface area contributed by atoms with E-state index < -0.39 is 0 Å². The molecule has 4 nitrogen and oxygen atoms in total. The third kappa shape index (κ3) is 4.55. The van der Waals surface area contributed by atoms with Gasteiger partial charge in [-0.1, -0.05) is 20.3 Å². The number of hydrogen-bond donors (Lipinski definition) is 1. The van der Waals surface area contributed by atoms with Gasteiger partial charge < -0.3 is 10.1 Å². The SMILES string of the molecule is CCOc1ccc(C(=O)NC2C[C@@H]3CCC[C@@H](C2)N3CC(C)C)cc1. The van der Waals surface area contributed by atoms with Crippen molar-refractivity contribution in [2.24, 2.45) is 5.92 Å². The number of ether oxygens (including phenoxy) is 1. The van der Waals surface area contributed by atoms with Crippen molar-refractivity contribution in [2.45, 2.75) is 71.0 Å². The van der Waals surface area contributed by atoms with Crippen LogP contribution in [0.5, 0.6) is 5.75 Å². The quantitative estimate of drug-likeness (QED) is 0.852. The topological polar surface area (TPSA) is 41.6 Å². The summed E-state index contributed by atoms with van der Waals surface area (Å²) in [7, 11) is 0. The molecule has 2 fully saturated rings. The van der Waals surface area contributed by atoms with Crippen molar-refractivity contribution in [3.63, 3.8) is 0 Å². The zero-order valence-corrected chi connectivity index (χ0v) is 15.8. The van der Waals surface area contributed by atoms with Crippen molar-refractivity contribution in [1.82, 2.24) is 10.2 Å². The van der Waals surface area contributed by atoms with Gasteiger partial charge in [-0.15, -0.1) is 0 Å². The number of carbonyl (C=O) groups is 1. The highest BCUT2D eigenvalue weighted by Gasteiger charge is 2.38. The fourth-order valence-corrected chi connectivity index (χ4v) is 4.45. The second kappa shape index (κ2) is 8.22. The first kappa shape index (κ1) is 18.2. The number of carbonyl (C=O) groups excluding carboxylic acids is 1. The van der Waals surface area contributed by atoms with Crippen LogP contribution in [0.2, 0.25) is 0 Å². The summed E-state index contributed by atoms with van der Waals surface area (Å²) in [5.74, 6) is 1.57. The smallest absolute Gasteiger partial charge is 0.251 e. The fraction of sp³-hybridized carbons (Fsp3) is 0.667. The highest BCUT2D eigenvalue weighted by Crippen LogP contribution is 2.34. The van der Waals surface area contributed by atoms with E-state index >= 15 is 0 Å². The Kier molecular flexibility index (Phi) is 6.00. The maximum Gasteiger partial charge on any atom is 0.251 e. The number of fused-ring (bicyclic) bond motifs is 2. The maximum absolute atomic E-state index is 12.6. The van der Waals surface area contributed by atoms with E-state index in [1.54, 1.807) is 0 Å². The zero-order valence-electron chi connectivity index (χ0n) is 15.8. The lowest BCUT2D eigenvalue weighted by atomic mass is 9.81. The molecule has 2 saturated heterocycles. The molecule has 4 heteroatoms. The van der Waals surface area contributed by atoms with Crippen LogP contribution in [0.4, 0.5) is 0 Å². The number of nitrogens with one attached hydrogen (secondary N) is 1. The standard InChI is InChI=1S/C21H32N2O2/c1-4-25-20-10-8-16(9-11-20)21(24)22-17-12-18-6-5-7-19(13-17)23(18)14-15(2)3/h8-11,15,17-19H,4-7,12-14H2,1-3H3,(H,22,24)/t18-,19-/m0/s1. The molecule has 2 aliphatic rings. The van der Waals surface area contributed by atoms with Crippen molar-refractivity contribution in [3.05, 3.63) is 29.8 Å². The Balaban J connectivity index is 1.59. The molecule has 2 heterocycles. The highest BCUT2D eigenvalue weighted by atomic mass is 16.5. The van der Waals surface area contributed by atoms with E-state index in [9.17, 15) is 4.79 Å². The Hall–Kier alpha value is -1.55. The summed E-state index contributed by atoms with van der Waals surface area (Å²) in [6.07, 6.45) is 6.07. The predicted octanol–water partition coefficient (Wildman–Crippen LogP) is 3.86. The van der Waals surface area contributed by atoms with Crippen LogP contribution in [-0.2, 0) is 0 Å². The van der Waals surface area contributed by atoms with Gasteiger partial charge >= 0.3 is 0 Å². The lowest BCUT2D eigenvalue weighted by Gasteiger charge is -2.49. The summed E-state index contributed by atoms with van der Waals surface area (Å²) in [6.45, 7) is 8.40. The molecule has 3 rings (SSSR count). The molecular weight excluding hydrogens is 312 g/mol. The number of nitrogens with zero attached hydrogens (tertiary/aromatic N) is 1. The monoisotopic (exact) mass is 344 g/mol. The summed E-state index contributed by atoms with van der Waals surface area (Å²) in [6, 6.07) is 9.04. The van der Waals surface area contributed by atoms with E-state index in [-0.39, 0.29) is 5.91 Å². The molecule has 2 aliphatic heterocycles. The average Bonchev–Trinajstić information content (AvgIpc) is 2.56. The van der Waals surface area contributed by atoms with Gasteiger partial charge in [0.2, 0.25) is 0 Å². The summed E-state index contributed by atoms with van der Waals surface area (Å²) in [5.41, 5.74) is 0.721. The Morgan fingerprint density at radius 3 is 2.40 bits per heavy atom. The van der Waals surface area contributed by atoms with Crippen LogP contribution in [0.25, 0.3) is 0 Å². The third-order valence-electron chi connectivity index (χ3n) is 5.46. The summed E-state index contributed by atoms with van der Waals surface area (Å²) in [4.78, 5) is 15.3. The van der Waals surface area contributed by atoms with E-state index in [4.69, 9.17) is 4.74 Å². The number of amides is 1. The number of piperidine rings is 2. The van der Waals surface area contributed by atoms with E-state index in [1.165, 1.54) is 25.8 Å². The summed E-state index contributed by atoms with van der Waals surface area (Å²) >= 11 is 0. The molecule has 0 aliphatic carbocycles. The summed E-state index contributed by atoms with van der Waals surface area (Å²) in [5, 5.41) is 3.28. The maximum atomic E-state index is 12.6. The minimum absolute atomic E-state index is 0.0448.